The average Bonchev–Trinajstić information content (AvgIpc) is 2.23. The Morgan fingerprint density at radius 2 is 2.18 bits per heavy atom. The quantitative estimate of drug-likeness (QED) is 0.628. The van der Waals surface area contributed by atoms with Gasteiger partial charge in [-0.25, -0.2) is 4.39 Å². The molecule has 0 radical (unpaired) electrons. The third kappa shape index (κ3) is 4.12. The van der Waals surface area contributed by atoms with Crippen LogP contribution in [0.1, 0.15) is 12.5 Å². The molecule has 0 fully saturated rings. The summed E-state index contributed by atoms with van der Waals surface area (Å²) in [6.07, 6.45) is 1.41. The maximum absolute atomic E-state index is 13.6. The summed E-state index contributed by atoms with van der Waals surface area (Å²) in [5.41, 5.74) is 3.08. The molecule has 0 aliphatic heterocycles. The molecule has 3 nitrogen and oxygen atoms in total. The Morgan fingerprint density at radius 1 is 1.53 bits per heavy atom. The molecule has 0 aromatic heterocycles. The van der Waals surface area contributed by atoms with E-state index in [0.29, 0.717) is 26.8 Å². The van der Waals surface area contributed by atoms with Crippen LogP contribution in [0.15, 0.2) is 20.1 Å². The van der Waals surface area contributed by atoms with Gasteiger partial charge in [0.25, 0.3) is 0 Å². The van der Waals surface area contributed by atoms with E-state index in [1.165, 1.54) is 19.4 Å². The average molecular weight is 390 g/mol. The molecule has 96 valence electrons. The SMILES string of the molecule is CCN/N=C/c1c(F)cc(Br)c(OC)c1Br.Cl. The maximum atomic E-state index is 13.6. The Morgan fingerprint density at radius 3 is 2.71 bits per heavy atom. The van der Waals surface area contributed by atoms with Crippen molar-refractivity contribution in [3.05, 3.63) is 26.4 Å². The van der Waals surface area contributed by atoms with Gasteiger partial charge in [0.15, 0.2) is 0 Å². The van der Waals surface area contributed by atoms with E-state index in [4.69, 9.17) is 4.74 Å². The van der Waals surface area contributed by atoms with Gasteiger partial charge in [0.1, 0.15) is 11.6 Å². The molecule has 0 saturated carbocycles. The van der Waals surface area contributed by atoms with Gasteiger partial charge in [0.2, 0.25) is 0 Å². The number of nitrogens with zero attached hydrogens (tertiary/aromatic N) is 1. The number of methoxy groups -OCH3 is 1. The Hall–Kier alpha value is -0.330. The molecule has 1 rings (SSSR count). The van der Waals surface area contributed by atoms with Gasteiger partial charge in [0.05, 0.1) is 22.3 Å². The fourth-order valence-electron chi connectivity index (χ4n) is 1.09. The molecule has 1 N–H and O–H groups in total. The Bertz CT molecular complexity index is 416. The number of hydrogen-bond acceptors (Lipinski definition) is 3. The fraction of sp³-hybridized carbons (Fsp3) is 0.300. The van der Waals surface area contributed by atoms with Crippen LogP contribution in [0.25, 0.3) is 0 Å². The van der Waals surface area contributed by atoms with Crippen LogP contribution in [-0.2, 0) is 0 Å². The van der Waals surface area contributed by atoms with Crippen molar-refractivity contribution in [2.45, 2.75) is 6.92 Å². The first-order valence-electron chi connectivity index (χ1n) is 4.59. The van der Waals surface area contributed by atoms with E-state index in [-0.39, 0.29) is 18.2 Å². The highest BCUT2D eigenvalue weighted by Crippen LogP contribution is 2.36. The molecular weight excluding hydrogens is 378 g/mol. The first-order valence-corrected chi connectivity index (χ1v) is 6.17. The summed E-state index contributed by atoms with van der Waals surface area (Å²) in [4.78, 5) is 0. The van der Waals surface area contributed by atoms with Crippen LogP contribution in [-0.4, -0.2) is 19.9 Å². The third-order valence-electron chi connectivity index (χ3n) is 1.81. The van der Waals surface area contributed by atoms with E-state index in [2.05, 4.69) is 42.4 Å². The number of nitrogens with one attached hydrogen (secondary N) is 1. The van der Waals surface area contributed by atoms with Crippen molar-refractivity contribution >= 4 is 50.5 Å². The van der Waals surface area contributed by atoms with Gasteiger partial charge in [0, 0.05) is 12.1 Å². The summed E-state index contributed by atoms with van der Waals surface area (Å²) in [7, 11) is 1.52. The highest BCUT2D eigenvalue weighted by Gasteiger charge is 2.14. The van der Waals surface area contributed by atoms with Gasteiger partial charge in [-0.15, -0.1) is 12.4 Å². The van der Waals surface area contributed by atoms with Gasteiger partial charge >= 0.3 is 0 Å². The van der Waals surface area contributed by atoms with E-state index < -0.39 is 0 Å². The predicted molar refractivity (Wildman–Crippen MR) is 76.9 cm³/mol. The first-order chi connectivity index (χ1) is 7.61. The van der Waals surface area contributed by atoms with Crippen LogP contribution >= 0.6 is 44.3 Å². The topological polar surface area (TPSA) is 33.6 Å². The van der Waals surface area contributed by atoms with E-state index in [1.807, 2.05) is 6.92 Å². The predicted octanol–water partition coefficient (Wildman–Crippen LogP) is 3.72. The summed E-state index contributed by atoms with van der Waals surface area (Å²) in [5.74, 6) is 0.167. The second-order valence-corrected chi connectivity index (χ2v) is 4.52. The molecule has 0 spiro atoms. The molecule has 0 unspecified atom stereocenters. The van der Waals surface area contributed by atoms with Crippen LogP contribution in [0.5, 0.6) is 5.75 Å². The maximum Gasteiger partial charge on any atom is 0.148 e. The largest absolute Gasteiger partial charge is 0.494 e. The number of ether oxygens (including phenoxy) is 1. The summed E-state index contributed by atoms with van der Waals surface area (Å²) in [5, 5.41) is 3.87. The number of hydrogen-bond donors (Lipinski definition) is 1. The van der Waals surface area contributed by atoms with Gasteiger partial charge in [-0.2, -0.15) is 5.10 Å². The van der Waals surface area contributed by atoms with Crippen molar-refractivity contribution in [3.8, 4) is 5.75 Å². The molecular formula is C10H12Br2ClFN2O. The van der Waals surface area contributed by atoms with Crippen LogP contribution < -0.4 is 10.2 Å². The van der Waals surface area contributed by atoms with Crippen molar-refractivity contribution in [1.29, 1.82) is 0 Å². The van der Waals surface area contributed by atoms with Crippen molar-refractivity contribution in [2.24, 2.45) is 5.10 Å². The minimum absolute atomic E-state index is 0. The monoisotopic (exact) mass is 388 g/mol. The molecule has 0 aliphatic rings. The van der Waals surface area contributed by atoms with E-state index in [0.717, 1.165) is 0 Å². The Kier molecular flexibility index (Phi) is 7.74. The Balaban J connectivity index is 0.00000256. The number of rotatable bonds is 4. The molecule has 0 saturated heterocycles. The van der Waals surface area contributed by atoms with Crippen LogP contribution in [0.3, 0.4) is 0 Å². The molecule has 1 aromatic carbocycles. The van der Waals surface area contributed by atoms with E-state index in [1.54, 1.807) is 0 Å². The van der Waals surface area contributed by atoms with Gasteiger partial charge in [-0.1, -0.05) is 0 Å². The van der Waals surface area contributed by atoms with Crippen LogP contribution in [0.2, 0.25) is 0 Å². The van der Waals surface area contributed by atoms with Crippen molar-refractivity contribution in [1.82, 2.24) is 5.43 Å². The Labute approximate surface area is 122 Å². The van der Waals surface area contributed by atoms with Gasteiger partial charge in [-0.3, -0.25) is 0 Å². The highest BCUT2D eigenvalue weighted by molar-refractivity contribution is 9.11. The lowest BCUT2D eigenvalue weighted by molar-refractivity contribution is 0.408. The molecule has 0 heterocycles. The van der Waals surface area contributed by atoms with Crippen molar-refractivity contribution < 1.29 is 9.13 Å². The highest BCUT2D eigenvalue weighted by atomic mass is 79.9. The first kappa shape index (κ1) is 16.7. The molecule has 7 heteroatoms. The van der Waals surface area contributed by atoms with E-state index >= 15 is 0 Å². The number of benzene rings is 1. The lowest BCUT2D eigenvalue weighted by Crippen LogP contribution is -2.04. The van der Waals surface area contributed by atoms with Crippen molar-refractivity contribution in [2.75, 3.05) is 13.7 Å². The zero-order valence-corrected chi connectivity index (χ0v) is 13.2. The molecule has 0 atom stereocenters. The smallest absolute Gasteiger partial charge is 0.148 e. The zero-order valence-electron chi connectivity index (χ0n) is 9.26. The minimum atomic E-state index is -0.374. The number of hydrazone groups is 1. The second-order valence-electron chi connectivity index (χ2n) is 2.87. The molecule has 0 bridgehead atoms. The summed E-state index contributed by atoms with van der Waals surface area (Å²) in [6.45, 7) is 2.59. The summed E-state index contributed by atoms with van der Waals surface area (Å²) < 4.78 is 19.8. The molecule has 1 aromatic rings. The molecule has 0 amide bonds. The summed E-state index contributed by atoms with van der Waals surface area (Å²) >= 11 is 6.50. The number of halogens is 4. The normalized spacial score (nSPS) is 10.2. The summed E-state index contributed by atoms with van der Waals surface area (Å²) in [6, 6.07) is 1.34. The molecule has 0 aliphatic carbocycles. The van der Waals surface area contributed by atoms with Crippen LogP contribution in [0.4, 0.5) is 4.39 Å². The van der Waals surface area contributed by atoms with E-state index in [9.17, 15) is 4.39 Å². The molecule has 17 heavy (non-hydrogen) atoms. The fourth-order valence-corrected chi connectivity index (χ4v) is 2.59. The van der Waals surface area contributed by atoms with Crippen molar-refractivity contribution in [3.63, 3.8) is 0 Å². The lowest BCUT2D eigenvalue weighted by Gasteiger charge is -2.09. The third-order valence-corrected chi connectivity index (χ3v) is 3.19. The lowest BCUT2D eigenvalue weighted by atomic mass is 10.2. The second kappa shape index (κ2) is 7.89. The van der Waals surface area contributed by atoms with Gasteiger partial charge in [-0.05, 0) is 44.8 Å². The standard InChI is InChI=1S/C10H11Br2FN2O.ClH/c1-3-14-15-5-6-8(13)4-7(11)10(16-2)9(6)12;/h4-5,14H,3H2,1-2H3;1H/b15-5+;. The van der Waals surface area contributed by atoms with Crippen LogP contribution in [0, 0.1) is 5.82 Å². The minimum Gasteiger partial charge on any atom is -0.494 e. The van der Waals surface area contributed by atoms with Gasteiger partial charge < -0.3 is 10.2 Å². The zero-order chi connectivity index (χ0) is 12.1.